The lowest BCUT2D eigenvalue weighted by Crippen LogP contribution is -2.54. The number of hydrogen-bond donors (Lipinski definition) is 1. The summed E-state index contributed by atoms with van der Waals surface area (Å²) in [5.74, 6) is 1.12. The van der Waals surface area contributed by atoms with Gasteiger partial charge in [0.15, 0.2) is 11.5 Å². The molecule has 152 valence electrons. The Morgan fingerprint density at radius 1 is 1.17 bits per heavy atom. The second-order valence-electron chi connectivity index (χ2n) is 5.94. The molecular formula is C21H14Cl2N2O5. The number of terminal acetylenes is 1. The molecule has 30 heavy (non-hydrogen) atoms. The predicted molar refractivity (Wildman–Crippen MR) is 113 cm³/mol. The van der Waals surface area contributed by atoms with E-state index in [1.54, 1.807) is 12.1 Å². The van der Waals surface area contributed by atoms with E-state index in [1.807, 2.05) is 0 Å². The van der Waals surface area contributed by atoms with Crippen LogP contribution in [0.3, 0.4) is 0 Å². The number of anilines is 1. The molecule has 2 aromatic carbocycles. The number of halogens is 2. The third kappa shape index (κ3) is 4.10. The number of ether oxygens (including phenoxy) is 2. The topological polar surface area (TPSA) is 84.9 Å². The van der Waals surface area contributed by atoms with Gasteiger partial charge in [0, 0.05) is 0 Å². The molecule has 0 radical (unpaired) electrons. The second kappa shape index (κ2) is 8.91. The number of para-hydroxylation sites is 1. The molecule has 0 atom stereocenters. The molecule has 7 nitrogen and oxygen atoms in total. The molecule has 0 aromatic heterocycles. The number of carbonyl (C=O) groups is 3. The van der Waals surface area contributed by atoms with Crippen molar-refractivity contribution in [2.45, 2.75) is 0 Å². The van der Waals surface area contributed by atoms with Gasteiger partial charge in [-0.05, 0) is 35.9 Å². The Morgan fingerprint density at radius 3 is 2.57 bits per heavy atom. The largest absolute Gasteiger partial charge is 0.493 e. The molecule has 0 unspecified atom stereocenters. The minimum absolute atomic E-state index is 0.0215. The van der Waals surface area contributed by atoms with E-state index in [1.165, 1.54) is 37.5 Å². The fourth-order valence-electron chi connectivity index (χ4n) is 2.75. The van der Waals surface area contributed by atoms with Gasteiger partial charge < -0.3 is 9.47 Å². The zero-order valence-corrected chi connectivity index (χ0v) is 17.1. The molecule has 0 bridgehead atoms. The minimum atomic E-state index is -0.899. The van der Waals surface area contributed by atoms with Gasteiger partial charge in [-0.2, -0.15) is 0 Å². The molecule has 1 N–H and O–H groups in total. The summed E-state index contributed by atoms with van der Waals surface area (Å²) in [6, 6.07) is 8.37. The Labute approximate surface area is 182 Å². The molecule has 1 aliphatic heterocycles. The van der Waals surface area contributed by atoms with E-state index in [9.17, 15) is 14.4 Å². The summed E-state index contributed by atoms with van der Waals surface area (Å²) in [6.45, 7) is -0.0215. The van der Waals surface area contributed by atoms with Crippen LogP contribution in [0.2, 0.25) is 10.0 Å². The molecular weight excluding hydrogens is 431 g/mol. The normalized spacial score (nSPS) is 15.1. The van der Waals surface area contributed by atoms with Crippen LogP contribution in [0.25, 0.3) is 6.08 Å². The van der Waals surface area contributed by atoms with Gasteiger partial charge in [0.25, 0.3) is 11.8 Å². The first-order chi connectivity index (χ1) is 14.4. The number of carbonyl (C=O) groups excluding carboxylic acids is 3. The van der Waals surface area contributed by atoms with E-state index in [2.05, 4.69) is 11.2 Å². The smallest absolute Gasteiger partial charge is 0.335 e. The van der Waals surface area contributed by atoms with Gasteiger partial charge >= 0.3 is 6.03 Å². The van der Waals surface area contributed by atoms with E-state index in [0.717, 1.165) is 4.90 Å². The van der Waals surface area contributed by atoms with Crippen molar-refractivity contribution in [2.75, 3.05) is 18.6 Å². The Bertz CT molecular complexity index is 1120. The first-order valence-electron chi connectivity index (χ1n) is 8.47. The Kier molecular flexibility index (Phi) is 6.31. The fraction of sp³-hybridized carbons (Fsp3) is 0.0952. The Morgan fingerprint density at radius 2 is 1.90 bits per heavy atom. The lowest BCUT2D eigenvalue weighted by Gasteiger charge is -2.27. The van der Waals surface area contributed by atoms with Gasteiger partial charge in [0.05, 0.1) is 22.8 Å². The highest BCUT2D eigenvalue weighted by molar-refractivity contribution is 6.42. The highest BCUT2D eigenvalue weighted by atomic mass is 35.5. The average molecular weight is 445 g/mol. The summed E-state index contributed by atoms with van der Waals surface area (Å²) in [7, 11) is 1.40. The van der Waals surface area contributed by atoms with Crippen molar-refractivity contribution < 1.29 is 23.9 Å². The van der Waals surface area contributed by atoms with Crippen LogP contribution >= 0.6 is 23.2 Å². The standard InChI is InChI=1S/C21H14Cl2N2O5/c1-3-8-30-18-15(23)10-12(11-17(18)29-2)9-13-19(26)24-21(28)25(20(13)27)16-7-5-4-6-14(16)22/h1,4-7,9-11H,8H2,2H3,(H,24,26,28)/b13-9+. The van der Waals surface area contributed by atoms with Crippen molar-refractivity contribution in [3.8, 4) is 23.8 Å². The molecule has 2 aromatic rings. The van der Waals surface area contributed by atoms with Crippen LogP contribution in [0.15, 0.2) is 42.0 Å². The van der Waals surface area contributed by atoms with Crippen LogP contribution in [-0.2, 0) is 9.59 Å². The van der Waals surface area contributed by atoms with Crippen LogP contribution in [-0.4, -0.2) is 31.6 Å². The quantitative estimate of drug-likeness (QED) is 0.431. The zero-order valence-electron chi connectivity index (χ0n) is 15.6. The monoisotopic (exact) mass is 444 g/mol. The third-order valence-electron chi connectivity index (χ3n) is 4.06. The fourth-order valence-corrected chi connectivity index (χ4v) is 3.25. The van der Waals surface area contributed by atoms with Crippen molar-refractivity contribution in [3.05, 3.63) is 57.6 Å². The highest BCUT2D eigenvalue weighted by Gasteiger charge is 2.37. The van der Waals surface area contributed by atoms with E-state index in [0.29, 0.717) is 5.56 Å². The highest BCUT2D eigenvalue weighted by Crippen LogP contribution is 2.37. The summed E-state index contributed by atoms with van der Waals surface area (Å²) in [5, 5.41) is 2.47. The number of methoxy groups -OCH3 is 1. The Balaban J connectivity index is 2.04. The predicted octanol–water partition coefficient (Wildman–Crippen LogP) is 3.68. The van der Waals surface area contributed by atoms with Crippen LogP contribution < -0.4 is 19.7 Å². The lowest BCUT2D eigenvalue weighted by molar-refractivity contribution is -0.122. The molecule has 0 aliphatic carbocycles. The number of hydrogen-bond acceptors (Lipinski definition) is 5. The van der Waals surface area contributed by atoms with Crippen molar-refractivity contribution in [1.82, 2.24) is 5.32 Å². The SMILES string of the molecule is C#CCOc1c(Cl)cc(/C=C2\C(=O)NC(=O)N(c3ccccc3Cl)C2=O)cc1OC. The maximum Gasteiger partial charge on any atom is 0.335 e. The minimum Gasteiger partial charge on any atom is -0.493 e. The number of nitrogens with zero attached hydrogens (tertiary/aromatic N) is 1. The number of barbiturate groups is 1. The average Bonchev–Trinajstić information content (AvgIpc) is 2.71. The number of rotatable bonds is 5. The van der Waals surface area contributed by atoms with Gasteiger partial charge in [0.2, 0.25) is 0 Å². The molecule has 0 saturated carbocycles. The summed E-state index contributed by atoms with van der Waals surface area (Å²) in [4.78, 5) is 38.4. The zero-order chi connectivity index (χ0) is 21.8. The van der Waals surface area contributed by atoms with Gasteiger partial charge in [-0.3, -0.25) is 14.9 Å². The van der Waals surface area contributed by atoms with Crippen molar-refractivity contribution >= 4 is 52.8 Å². The molecule has 0 spiro atoms. The van der Waals surface area contributed by atoms with Gasteiger partial charge in [-0.15, -0.1) is 6.42 Å². The molecule has 1 saturated heterocycles. The van der Waals surface area contributed by atoms with Crippen LogP contribution in [0.5, 0.6) is 11.5 Å². The summed E-state index contributed by atoms with van der Waals surface area (Å²) in [5.41, 5.74) is 0.232. The second-order valence-corrected chi connectivity index (χ2v) is 6.75. The number of nitrogens with one attached hydrogen (secondary N) is 1. The molecule has 3 rings (SSSR count). The summed E-state index contributed by atoms with van der Waals surface area (Å²) < 4.78 is 10.6. The number of amides is 4. The van der Waals surface area contributed by atoms with E-state index in [4.69, 9.17) is 39.1 Å². The van der Waals surface area contributed by atoms with Gasteiger partial charge in [0.1, 0.15) is 12.2 Å². The summed E-state index contributed by atoms with van der Waals surface area (Å²) >= 11 is 12.3. The van der Waals surface area contributed by atoms with E-state index in [-0.39, 0.29) is 39.4 Å². The van der Waals surface area contributed by atoms with Crippen LogP contribution in [0.1, 0.15) is 5.56 Å². The first-order valence-corrected chi connectivity index (χ1v) is 9.22. The first kappa shape index (κ1) is 21.2. The van der Waals surface area contributed by atoms with E-state index < -0.39 is 17.8 Å². The molecule has 1 fully saturated rings. The maximum atomic E-state index is 13.0. The maximum absolute atomic E-state index is 13.0. The number of benzene rings is 2. The molecule has 1 heterocycles. The van der Waals surface area contributed by atoms with Crippen LogP contribution in [0, 0.1) is 12.3 Å². The van der Waals surface area contributed by atoms with Crippen LogP contribution in [0.4, 0.5) is 10.5 Å². The van der Waals surface area contributed by atoms with E-state index >= 15 is 0 Å². The molecule has 4 amide bonds. The lowest BCUT2D eigenvalue weighted by atomic mass is 10.1. The summed E-state index contributed by atoms with van der Waals surface area (Å²) in [6.07, 6.45) is 6.48. The van der Waals surface area contributed by atoms with Crippen molar-refractivity contribution in [2.24, 2.45) is 0 Å². The van der Waals surface area contributed by atoms with Gasteiger partial charge in [-0.25, -0.2) is 9.69 Å². The number of imide groups is 2. The molecule has 9 heteroatoms. The van der Waals surface area contributed by atoms with Crippen molar-refractivity contribution in [3.63, 3.8) is 0 Å². The Hall–Kier alpha value is -3.47. The third-order valence-corrected chi connectivity index (χ3v) is 4.66. The number of urea groups is 1. The van der Waals surface area contributed by atoms with Crippen molar-refractivity contribution in [1.29, 1.82) is 0 Å². The molecule has 1 aliphatic rings. The van der Waals surface area contributed by atoms with Gasteiger partial charge in [-0.1, -0.05) is 41.3 Å².